The Balaban J connectivity index is 0.568. The molecule has 121 heavy (non-hydrogen) atoms. The Labute approximate surface area is 690 Å². The first kappa shape index (κ1) is 66.0. The van der Waals surface area contributed by atoms with Crippen molar-refractivity contribution in [3.8, 4) is 0 Å². The molecule has 0 unspecified atom stereocenters. The van der Waals surface area contributed by atoms with Gasteiger partial charge in [0.1, 0.15) is 16.8 Å². The monoisotopic (exact) mass is 1590 g/mol. The van der Waals surface area contributed by atoms with Crippen LogP contribution in [0.1, 0.15) is 258 Å². The number of esters is 5. The first-order valence-corrected chi connectivity index (χ1v) is 46.6. The van der Waals surface area contributed by atoms with Crippen LogP contribution in [0.15, 0.2) is 0 Å². The number of hydrogen-bond donors (Lipinski definition) is 1. The van der Waals surface area contributed by atoms with Crippen LogP contribution in [0, 0.1) is 5.41 Å². The van der Waals surface area contributed by atoms with E-state index in [0.717, 1.165) is 19.3 Å². The summed E-state index contributed by atoms with van der Waals surface area (Å²) < 4.78 is 32.1. The van der Waals surface area contributed by atoms with Crippen LogP contribution in [-0.4, -0.2) is 71.3 Å². The van der Waals surface area contributed by atoms with E-state index in [4.69, 9.17) is 23.7 Å². The second-order valence-corrected chi connectivity index (χ2v) is 43.5. The highest BCUT2D eigenvalue weighted by molar-refractivity contribution is 6.82. The van der Waals surface area contributed by atoms with E-state index in [2.05, 4.69) is 12.2 Å². The molecule has 0 heterocycles. The predicted molar refractivity (Wildman–Crippen MR) is 492 cm³/mol. The van der Waals surface area contributed by atoms with Crippen molar-refractivity contribution in [1.29, 1.82) is 0 Å². The van der Waals surface area contributed by atoms with Crippen molar-refractivity contribution in [3.05, 3.63) is 22.3 Å². The van der Waals surface area contributed by atoms with E-state index in [1.807, 2.05) is 62.3 Å². The zero-order chi connectivity index (χ0) is 80.5. The number of carbonyl (C=O) groups is 6. The maximum atomic E-state index is 18.2. The fourth-order valence-corrected chi connectivity index (χ4v) is 32.1. The SMILES string of the molecule is CCCCCCCCCCCCCCCCCCOC(=O)C1(C(=O)OCCCCCC(=O)NC(CCC(=O)OC(C)(C)C)(CCC(=O)OC(C)(C)C)CCC(=O)OC(C)(C)C)C23c4c5c6c7c8c9c(c%10c%11c2c2c4c4c%12c5c5c6c6c8c8c%13c9c9c%10c%10c%11c%11c2c2c4c4c%12c%12c5c5c6c8c6c8c%13c9c9c%10c%10c%11c2c2c4c4c%12c5c6c5c8c9c%10c2c45)C713. The zero-order valence-electron chi connectivity index (χ0n) is 70.3. The lowest BCUT2D eigenvalue weighted by molar-refractivity contribution is -0.167. The van der Waals surface area contributed by atoms with Gasteiger partial charge in [-0.2, -0.15) is 0 Å². The Kier molecular flexibility index (Phi) is 10.6. The first-order valence-electron chi connectivity index (χ1n) is 46.6. The molecule has 2 spiro atoms. The predicted octanol–water partition coefficient (Wildman–Crippen LogP) is 27.4. The van der Waals surface area contributed by atoms with Crippen molar-refractivity contribution < 1.29 is 52.5 Å². The van der Waals surface area contributed by atoms with Crippen LogP contribution in [0.2, 0.25) is 0 Å². The van der Waals surface area contributed by atoms with E-state index in [9.17, 15) is 19.2 Å². The molecule has 1 amide bonds. The van der Waals surface area contributed by atoms with Crippen LogP contribution in [0.3, 0.4) is 0 Å². The molecule has 12 nitrogen and oxygen atoms in total. The Bertz CT molecular complexity index is 8270. The van der Waals surface area contributed by atoms with E-state index >= 15 is 9.59 Å². The van der Waals surface area contributed by atoms with E-state index in [0.29, 0.717) is 25.7 Å². The van der Waals surface area contributed by atoms with Gasteiger partial charge in [0.05, 0.1) is 24.0 Å². The average molecular weight is 1590 g/mol. The molecule has 1 N–H and O–H groups in total. The summed E-state index contributed by atoms with van der Waals surface area (Å²) in [4.78, 5) is 92.1. The Morgan fingerprint density at radius 1 is 0.240 bits per heavy atom. The number of ether oxygens (including phenoxy) is 5. The molecule has 28 aromatic carbocycles. The molecule has 12 heteroatoms. The molecule has 1 fully saturated rings. The van der Waals surface area contributed by atoms with Gasteiger partial charge in [-0.15, -0.1) is 0 Å². The highest BCUT2D eigenvalue weighted by Crippen LogP contribution is 2.97. The summed E-state index contributed by atoms with van der Waals surface area (Å²) in [6.45, 7) is 18.8. The second-order valence-electron chi connectivity index (χ2n) is 43.5. The number of amides is 1. The molecular weight excluding hydrogens is 1500 g/mol. The standard InChI is InChI=1S/C109H87NO11/c1-11-12-13-14-15-16-17-18-19-20-21-22-23-24-25-28-37-117-101(115)109(102(116)118-38-29-26-27-30-39(111)110-106(34-31-40(112)119-103(2,3)4,35-32-41(113)120-104(5,6)7)36-33-42(114)121-105(8,9)10)107-97-89-81-71-61-53-45-43-44-47-51-49(45)57-65-59(51)69-63-55(47)56-48(44)52-50-46(43)54(53)62-68-58(50)66-60(52)70-64(56)74-73(63)83-77(69)87-79(65)85(75(81)67(57)61)93(97)95(87)99-91(83)92-84(74)78(70)88-80(66)86-76(68)82(72(62)71)90(89)98(107)94(86)96(88)100(92)108(99,107)109/h11-38H2,1-10H3,(H,110,111). The average Bonchev–Trinajstić information content (AvgIpc) is 1.35. The number of rotatable bonds is 35. The Morgan fingerprint density at radius 2 is 0.421 bits per heavy atom. The van der Waals surface area contributed by atoms with Crippen LogP contribution in [0.5, 0.6) is 0 Å². The minimum absolute atomic E-state index is 0.0192. The highest BCUT2D eigenvalue weighted by atomic mass is 16.6. The fraction of sp³-hybridized carbons (Fsp3) is 0.413. The molecule has 5 aliphatic carbocycles. The molecule has 0 saturated heterocycles. The van der Waals surface area contributed by atoms with Gasteiger partial charge >= 0.3 is 29.8 Å². The van der Waals surface area contributed by atoms with Crippen molar-refractivity contribution in [2.45, 2.75) is 269 Å². The van der Waals surface area contributed by atoms with E-state index in [-0.39, 0.29) is 64.1 Å². The van der Waals surface area contributed by atoms with Gasteiger partial charge in [-0.3, -0.25) is 28.8 Å². The molecule has 28 aromatic rings. The summed E-state index contributed by atoms with van der Waals surface area (Å²) in [5.74, 6) is -2.57. The largest absolute Gasteiger partial charge is 0.465 e. The Morgan fingerprint density at radius 3 is 0.620 bits per heavy atom. The maximum Gasteiger partial charge on any atom is 0.326 e. The van der Waals surface area contributed by atoms with Crippen molar-refractivity contribution in [2.24, 2.45) is 5.41 Å². The number of hydrogen-bond acceptors (Lipinski definition) is 11. The topological polar surface area (TPSA) is 161 Å². The minimum Gasteiger partial charge on any atom is -0.465 e. The van der Waals surface area contributed by atoms with E-state index in [1.165, 1.54) is 390 Å². The molecule has 5 aliphatic rings. The minimum atomic E-state index is -1.89. The zero-order valence-corrected chi connectivity index (χ0v) is 70.3. The number of nitrogens with one attached hydrogen (secondary N) is 1. The van der Waals surface area contributed by atoms with Gasteiger partial charge in [0.15, 0.2) is 5.41 Å². The summed E-state index contributed by atoms with van der Waals surface area (Å²) in [6.07, 6.45) is 21.3. The van der Waals surface area contributed by atoms with Crippen LogP contribution in [0.4, 0.5) is 0 Å². The van der Waals surface area contributed by atoms with Gasteiger partial charge in [0, 0.05) is 31.2 Å². The summed E-state index contributed by atoms with van der Waals surface area (Å²) in [7, 11) is 0. The molecule has 33 rings (SSSR count). The summed E-state index contributed by atoms with van der Waals surface area (Å²) in [5.41, 5.74) is -3.00. The van der Waals surface area contributed by atoms with Gasteiger partial charge in [0.25, 0.3) is 0 Å². The van der Waals surface area contributed by atoms with Crippen molar-refractivity contribution in [3.63, 3.8) is 0 Å². The third kappa shape index (κ3) is 6.04. The highest BCUT2D eigenvalue weighted by Gasteiger charge is 3.01. The van der Waals surface area contributed by atoms with Gasteiger partial charge in [-0.1, -0.05) is 103 Å². The lowest BCUT2D eigenvalue weighted by Crippen LogP contribution is -2.50. The molecule has 0 bridgehead atoms. The third-order valence-corrected chi connectivity index (χ3v) is 34.6. The van der Waals surface area contributed by atoms with Crippen LogP contribution < -0.4 is 5.32 Å². The lowest BCUT2D eigenvalue weighted by atomic mass is 9.68. The van der Waals surface area contributed by atoms with Crippen LogP contribution in [0.25, 0.3) is 291 Å². The smallest absolute Gasteiger partial charge is 0.326 e. The fourth-order valence-electron chi connectivity index (χ4n) is 32.1. The summed E-state index contributed by atoms with van der Waals surface area (Å²) in [6, 6.07) is 0. The van der Waals surface area contributed by atoms with Crippen molar-refractivity contribution in [2.75, 3.05) is 13.2 Å². The molecule has 0 radical (unpaired) electrons. The van der Waals surface area contributed by atoms with Crippen molar-refractivity contribution >= 4 is 327 Å². The number of unbranched alkanes of at least 4 members (excludes halogenated alkanes) is 17. The van der Waals surface area contributed by atoms with E-state index in [1.54, 1.807) is 0 Å². The van der Waals surface area contributed by atoms with Crippen LogP contribution in [-0.2, 0) is 63.3 Å². The molecule has 594 valence electrons. The molecule has 0 aliphatic heterocycles. The first-order chi connectivity index (χ1) is 58.5. The van der Waals surface area contributed by atoms with E-state index < -0.39 is 68.4 Å². The quantitative estimate of drug-likeness (QED) is 0.0132. The van der Waals surface area contributed by atoms with Crippen LogP contribution >= 0.6 is 0 Å². The van der Waals surface area contributed by atoms with Gasteiger partial charge in [-0.05, 0) is 420 Å². The summed E-state index contributed by atoms with van der Waals surface area (Å²) >= 11 is 0. The third-order valence-electron chi connectivity index (χ3n) is 34.6. The maximum absolute atomic E-state index is 18.2. The van der Waals surface area contributed by atoms with Crippen molar-refractivity contribution in [1.82, 2.24) is 5.32 Å². The number of carbonyl (C=O) groups excluding carboxylic acids is 6. The molecule has 0 aromatic heterocycles. The van der Waals surface area contributed by atoms with Gasteiger partial charge in [0.2, 0.25) is 5.91 Å². The van der Waals surface area contributed by atoms with Gasteiger partial charge < -0.3 is 29.0 Å². The molecular formula is C109H87NO11. The second kappa shape index (κ2) is 19.4. The molecule has 1 saturated carbocycles. The molecule has 0 atom stereocenters. The number of benzene rings is 18. The Hall–Kier alpha value is -10.7. The lowest BCUT2D eigenvalue weighted by Gasteiger charge is -2.36. The normalized spacial score (nSPS) is 19.4. The van der Waals surface area contributed by atoms with Gasteiger partial charge in [-0.25, -0.2) is 0 Å². The summed E-state index contributed by atoms with van der Waals surface area (Å²) in [5, 5.41) is 80.7.